The van der Waals surface area contributed by atoms with Gasteiger partial charge in [-0.25, -0.2) is 4.98 Å². The lowest BCUT2D eigenvalue weighted by Crippen LogP contribution is -2.39. The molecule has 0 aliphatic carbocycles. The van der Waals surface area contributed by atoms with Crippen molar-refractivity contribution in [3.8, 4) is 0 Å². The average Bonchev–Trinajstić information content (AvgIpc) is 2.48. The van der Waals surface area contributed by atoms with E-state index in [9.17, 15) is 4.79 Å². The van der Waals surface area contributed by atoms with Crippen molar-refractivity contribution in [2.24, 2.45) is 0 Å². The molecule has 0 radical (unpaired) electrons. The molecule has 1 fully saturated rings. The normalized spacial score (nSPS) is 15.9. The summed E-state index contributed by atoms with van der Waals surface area (Å²) in [5, 5.41) is 8.92. The average molecular weight is 291 g/mol. The molecule has 5 nitrogen and oxygen atoms in total. The third-order valence-electron chi connectivity index (χ3n) is 3.96. The van der Waals surface area contributed by atoms with Crippen molar-refractivity contribution in [1.29, 1.82) is 0 Å². The second-order valence-corrected chi connectivity index (χ2v) is 5.72. The number of nitrogens with zero attached hydrogens (tertiary/aromatic N) is 3. The highest BCUT2D eigenvalue weighted by molar-refractivity contribution is 5.67. The van der Waals surface area contributed by atoms with E-state index in [2.05, 4.69) is 14.8 Å². The fourth-order valence-electron chi connectivity index (χ4n) is 2.71. The summed E-state index contributed by atoms with van der Waals surface area (Å²) >= 11 is 0. The monoisotopic (exact) mass is 291 g/mol. The zero-order chi connectivity index (χ0) is 15.1. The van der Waals surface area contributed by atoms with Crippen LogP contribution < -0.4 is 4.90 Å². The number of piperidine rings is 1. The van der Waals surface area contributed by atoms with Gasteiger partial charge in [0.05, 0.1) is 6.42 Å². The van der Waals surface area contributed by atoms with E-state index in [-0.39, 0.29) is 6.42 Å². The Kier molecular flexibility index (Phi) is 5.99. The molecule has 1 N–H and O–H groups in total. The van der Waals surface area contributed by atoms with Crippen molar-refractivity contribution in [3.05, 3.63) is 23.9 Å². The van der Waals surface area contributed by atoms with Gasteiger partial charge in [-0.3, -0.25) is 4.79 Å². The third kappa shape index (κ3) is 5.34. The van der Waals surface area contributed by atoms with Gasteiger partial charge in [0, 0.05) is 25.8 Å². The van der Waals surface area contributed by atoms with Crippen LogP contribution in [-0.2, 0) is 4.79 Å². The van der Waals surface area contributed by atoms with Crippen LogP contribution in [0.3, 0.4) is 0 Å². The summed E-state index contributed by atoms with van der Waals surface area (Å²) in [4.78, 5) is 19.8. The van der Waals surface area contributed by atoms with Crippen LogP contribution in [0.4, 0.5) is 5.82 Å². The van der Waals surface area contributed by atoms with Crippen LogP contribution in [0.2, 0.25) is 0 Å². The van der Waals surface area contributed by atoms with Crippen LogP contribution in [0.25, 0.3) is 0 Å². The summed E-state index contributed by atoms with van der Waals surface area (Å²) in [5.74, 6) is 0.124. The maximum Gasteiger partial charge on any atom is 0.305 e. The van der Waals surface area contributed by atoms with Gasteiger partial charge in [-0.05, 0) is 50.6 Å². The molecule has 0 amide bonds. The molecule has 2 rings (SSSR count). The number of aliphatic carboxylic acids is 1. The molecule has 1 aliphatic heterocycles. The molecule has 5 heteroatoms. The lowest BCUT2D eigenvalue weighted by Gasteiger charge is -2.30. The predicted molar refractivity (Wildman–Crippen MR) is 83.7 cm³/mol. The third-order valence-corrected chi connectivity index (χ3v) is 3.96. The Morgan fingerprint density at radius 3 is 2.76 bits per heavy atom. The topological polar surface area (TPSA) is 56.7 Å². The fraction of sp³-hybridized carbons (Fsp3) is 0.625. The van der Waals surface area contributed by atoms with Crippen LogP contribution in [-0.4, -0.2) is 53.7 Å². The van der Waals surface area contributed by atoms with Gasteiger partial charge in [-0.1, -0.05) is 6.42 Å². The van der Waals surface area contributed by atoms with E-state index in [0.29, 0.717) is 6.54 Å². The van der Waals surface area contributed by atoms with E-state index < -0.39 is 5.97 Å². The Morgan fingerprint density at radius 1 is 1.33 bits per heavy atom. The van der Waals surface area contributed by atoms with Gasteiger partial charge in [0.2, 0.25) is 0 Å². The molecule has 0 aromatic carbocycles. The van der Waals surface area contributed by atoms with Gasteiger partial charge in [0.1, 0.15) is 5.82 Å². The first-order chi connectivity index (χ1) is 10.1. The molecule has 0 atom stereocenters. The van der Waals surface area contributed by atoms with Crippen LogP contribution >= 0.6 is 0 Å². The summed E-state index contributed by atoms with van der Waals surface area (Å²) in [6.07, 6.45) is 5.82. The number of carboxylic acid groups (broad SMARTS) is 1. The molecule has 2 heterocycles. The van der Waals surface area contributed by atoms with Crippen LogP contribution in [0.5, 0.6) is 0 Å². The van der Waals surface area contributed by atoms with Crippen LogP contribution in [0.15, 0.2) is 18.3 Å². The summed E-state index contributed by atoms with van der Waals surface area (Å²) in [6, 6.07) is 3.99. The van der Waals surface area contributed by atoms with Crippen molar-refractivity contribution in [1.82, 2.24) is 9.88 Å². The molecule has 1 aliphatic rings. The van der Waals surface area contributed by atoms with Crippen LogP contribution in [0.1, 0.15) is 31.2 Å². The smallest absolute Gasteiger partial charge is 0.305 e. The molecule has 0 bridgehead atoms. The summed E-state index contributed by atoms with van der Waals surface area (Å²) in [7, 11) is 0. The highest BCUT2D eigenvalue weighted by Gasteiger charge is 2.14. The number of carbonyl (C=O) groups is 1. The summed E-state index contributed by atoms with van der Waals surface area (Å²) < 4.78 is 0. The van der Waals surface area contributed by atoms with Crippen molar-refractivity contribution in [2.75, 3.05) is 37.6 Å². The van der Waals surface area contributed by atoms with Gasteiger partial charge >= 0.3 is 5.97 Å². The Labute approximate surface area is 126 Å². The van der Waals surface area contributed by atoms with E-state index in [0.717, 1.165) is 37.6 Å². The van der Waals surface area contributed by atoms with Gasteiger partial charge in [0.15, 0.2) is 0 Å². The number of aryl methyl sites for hydroxylation is 1. The number of rotatable bonds is 7. The second kappa shape index (κ2) is 7.98. The van der Waals surface area contributed by atoms with Gasteiger partial charge in [-0.15, -0.1) is 0 Å². The number of carboxylic acids is 1. The highest BCUT2D eigenvalue weighted by atomic mass is 16.4. The first-order valence-corrected chi connectivity index (χ1v) is 7.77. The SMILES string of the molecule is Cc1ccnc(N(CCC(=O)O)CCN2CCCCC2)c1. The fourth-order valence-corrected chi connectivity index (χ4v) is 2.71. The lowest BCUT2D eigenvalue weighted by molar-refractivity contribution is -0.136. The van der Waals surface area contributed by atoms with E-state index in [1.165, 1.54) is 19.3 Å². The molecule has 21 heavy (non-hydrogen) atoms. The minimum atomic E-state index is -0.759. The molecule has 0 saturated carbocycles. The molecule has 0 unspecified atom stereocenters. The number of anilines is 1. The Hall–Kier alpha value is -1.62. The summed E-state index contributed by atoms with van der Waals surface area (Å²) in [5.41, 5.74) is 1.15. The number of hydrogen-bond acceptors (Lipinski definition) is 4. The van der Waals surface area contributed by atoms with Gasteiger partial charge < -0.3 is 14.9 Å². The largest absolute Gasteiger partial charge is 0.481 e. The quantitative estimate of drug-likeness (QED) is 0.834. The van der Waals surface area contributed by atoms with E-state index in [1.54, 1.807) is 6.20 Å². The Bertz CT molecular complexity index is 459. The molecule has 0 spiro atoms. The zero-order valence-corrected chi connectivity index (χ0v) is 12.8. The van der Waals surface area contributed by atoms with E-state index >= 15 is 0 Å². The first kappa shape index (κ1) is 15.8. The van der Waals surface area contributed by atoms with Crippen LogP contribution in [0, 0.1) is 6.92 Å². The van der Waals surface area contributed by atoms with Gasteiger partial charge in [-0.2, -0.15) is 0 Å². The molecule has 116 valence electrons. The van der Waals surface area contributed by atoms with Crippen molar-refractivity contribution < 1.29 is 9.90 Å². The molecular formula is C16H25N3O2. The van der Waals surface area contributed by atoms with Crippen molar-refractivity contribution in [3.63, 3.8) is 0 Å². The van der Waals surface area contributed by atoms with E-state index in [4.69, 9.17) is 5.11 Å². The zero-order valence-electron chi connectivity index (χ0n) is 12.8. The number of pyridine rings is 1. The van der Waals surface area contributed by atoms with Crippen molar-refractivity contribution >= 4 is 11.8 Å². The summed E-state index contributed by atoms with van der Waals surface area (Å²) in [6.45, 7) is 6.69. The number of likely N-dealkylation sites (tertiary alicyclic amines) is 1. The van der Waals surface area contributed by atoms with E-state index in [1.807, 2.05) is 19.1 Å². The highest BCUT2D eigenvalue weighted by Crippen LogP contribution is 2.14. The Balaban J connectivity index is 1.95. The van der Waals surface area contributed by atoms with Crippen molar-refractivity contribution in [2.45, 2.75) is 32.6 Å². The number of aromatic nitrogens is 1. The van der Waals surface area contributed by atoms with Gasteiger partial charge in [0.25, 0.3) is 0 Å². The molecule has 1 saturated heterocycles. The predicted octanol–water partition coefficient (Wildman–Crippen LogP) is 2.16. The second-order valence-electron chi connectivity index (χ2n) is 5.72. The number of hydrogen-bond donors (Lipinski definition) is 1. The molecule has 1 aromatic rings. The maximum atomic E-state index is 10.9. The molecular weight excluding hydrogens is 266 g/mol. The maximum absolute atomic E-state index is 10.9. The molecule has 1 aromatic heterocycles. The minimum absolute atomic E-state index is 0.148. The first-order valence-electron chi connectivity index (χ1n) is 7.77. The Morgan fingerprint density at radius 2 is 2.10 bits per heavy atom. The lowest BCUT2D eigenvalue weighted by atomic mass is 10.1. The minimum Gasteiger partial charge on any atom is -0.481 e. The standard InChI is InChI=1S/C16H25N3O2/c1-14-5-7-17-15(13-14)19(10-6-16(20)21)12-11-18-8-3-2-4-9-18/h5,7,13H,2-4,6,8-12H2,1H3,(H,20,21).